The van der Waals surface area contributed by atoms with E-state index in [0.29, 0.717) is 0 Å². The summed E-state index contributed by atoms with van der Waals surface area (Å²) in [6, 6.07) is 1.40. The summed E-state index contributed by atoms with van der Waals surface area (Å²) in [5.74, 6) is -3.95. The molecule has 0 aromatic heterocycles. The molecule has 0 fully saturated rings. The van der Waals surface area contributed by atoms with Crippen molar-refractivity contribution in [2.75, 3.05) is 6.16 Å². The molecule has 0 aliphatic carbocycles. The molecule has 0 heterocycles. The lowest BCUT2D eigenvalue weighted by atomic mass is 10.2. The summed E-state index contributed by atoms with van der Waals surface area (Å²) in [6.45, 7) is 0. The maximum atomic E-state index is 12.0. The first-order chi connectivity index (χ1) is 10.1. The van der Waals surface area contributed by atoms with Crippen LogP contribution in [0.2, 0.25) is 0 Å². The summed E-state index contributed by atoms with van der Waals surface area (Å²) in [4.78, 5) is 30.1. The highest BCUT2D eigenvalue weighted by atomic mass is 31.2. The lowest BCUT2D eigenvalue weighted by molar-refractivity contribution is -0.386. The number of nitrogens with zero attached hydrogens (tertiary/aromatic N) is 1. The molecule has 1 aromatic carbocycles. The average molecular weight is 334 g/mol. The standard InChI is InChI=1S/C11H15N2O8P/c12-7(10(15)16)3-4-22(20,21)11(17)6-1-2-9(14)8(5-6)13(18)19/h1-2,5,7,11,14,17H,3-4,12H2,(H,15,16)(H,20,21)/t7-,11-/m0/s1. The molecule has 0 saturated heterocycles. The molecule has 1 aromatic rings. The fourth-order valence-corrected chi connectivity index (χ4v) is 3.17. The van der Waals surface area contributed by atoms with Crippen molar-refractivity contribution < 1.29 is 34.5 Å². The van der Waals surface area contributed by atoms with Crippen LogP contribution in [0.5, 0.6) is 5.75 Å². The Morgan fingerprint density at radius 2 is 2.05 bits per heavy atom. The van der Waals surface area contributed by atoms with Crippen molar-refractivity contribution in [3.63, 3.8) is 0 Å². The van der Waals surface area contributed by atoms with Crippen LogP contribution in [0.4, 0.5) is 5.69 Å². The number of nitro groups is 1. The molecule has 6 N–H and O–H groups in total. The van der Waals surface area contributed by atoms with E-state index < -0.39 is 47.7 Å². The summed E-state index contributed by atoms with van der Waals surface area (Å²) in [5, 5.41) is 38.5. The number of nitro benzene ring substituents is 1. The van der Waals surface area contributed by atoms with E-state index in [9.17, 15) is 34.6 Å². The maximum absolute atomic E-state index is 12.0. The molecule has 1 rings (SSSR count). The number of carbonyl (C=O) groups is 1. The van der Waals surface area contributed by atoms with Crippen molar-refractivity contribution in [3.8, 4) is 5.75 Å². The van der Waals surface area contributed by atoms with E-state index in [1.807, 2.05) is 0 Å². The van der Waals surface area contributed by atoms with Crippen LogP contribution in [-0.2, 0) is 9.36 Å². The number of carboxylic acid groups (broad SMARTS) is 1. The third kappa shape index (κ3) is 4.25. The molecule has 0 amide bonds. The Kier molecular flexibility index (Phi) is 5.61. The second kappa shape index (κ2) is 6.84. The summed E-state index contributed by atoms with van der Waals surface area (Å²) < 4.78 is 12.0. The Labute approximate surface area is 124 Å². The van der Waals surface area contributed by atoms with Crippen molar-refractivity contribution in [2.45, 2.75) is 18.3 Å². The zero-order valence-electron chi connectivity index (χ0n) is 11.2. The second-order valence-electron chi connectivity index (χ2n) is 4.59. The van der Waals surface area contributed by atoms with E-state index in [0.717, 1.165) is 18.2 Å². The van der Waals surface area contributed by atoms with Crippen molar-refractivity contribution >= 4 is 19.0 Å². The number of hydrogen-bond donors (Lipinski definition) is 5. The second-order valence-corrected chi connectivity index (χ2v) is 7.04. The number of carboxylic acids is 1. The molecule has 1 unspecified atom stereocenters. The Balaban J connectivity index is 2.96. The van der Waals surface area contributed by atoms with Crippen molar-refractivity contribution in [1.82, 2.24) is 0 Å². The number of benzene rings is 1. The topological polar surface area (TPSA) is 184 Å². The lowest BCUT2D eigenvalue weighted by Gasteiger charge is -2.19. The van der Waals surface area contributed by atoms with E-state index in [1.54, 1.807) is 0 Å². The zero-order chi connectivity index (χ0) is 17.1. The molecule has 10 nitrogen and oxygen atoms in total. The number of aliphatic hydroxyl groups is 1. The third-order valence-electron chi connectivity index (χ3n) is 2.95. The fraction of sp³-hybridized carbons (Fsp3) is 0.364. The number of nitrogens with two attached hydrogens (primary N) is 1. The van der Waals surface area contributed by atoms with E-state index in [4.69, 9.17) is 10.8 Å². The minimum Gasteiger partial charge on any atom is -0.502 e. The van der Waals surface area contributed by atoms with Crippen molar-refractivity contribution in [2.24, 2.45) is 5.73 Å². The summed E-state index contributed by atoms with van der Waals surface area (Å²) in [5.41, 5.74) is 4.25. The summed E-state index contributed by atoms with van der Waals surface area (Å²) in [6.07, 6.45) is -0.920. The van der Waals surface area contributed by atoms with Crippen LogP contribution in [0.25, 0.3) is 0 Å². The minimum absolute atomic E-state index is 0.237. The molecule has 3 atom stereocenters. The summed E-state index contributed by atoms with van der Waals surface area (Å²) in [7, 11) is -4.26. The largest absolute Gasteiger partial charge is 0.502 e. The first-order valence-corrected chi connectivity index (χ1v) is 7.93. The monoisotopic (exact) mass is 334 g/mol. The van der Waals surface area contributed by atoms with E-state index in [-0.39, 0.29) is 12.0 Å². The van der Waals surface area contributed by atoms with Gasteiger partial charge in [0.15, 0.2) is 11.6 Å². The molecule has 11 heteroatoms. The number of aliphatic carboxylic acids is 1. The van der Waals surface area contributed by atoms with Gasteiger partial charge in [0, 0.05) is 12.2 Å². The number of aromatic hydroxyl groups is 1. The van der Waals surface area contributed by atoms with E-state index in [2.05, 4.69) is 0 Å². The van der Waals surface area contributed by atoms with Crippen LogP contribution in [0.3, 0.4) is 0 Å². The van der Waals surface area contributed by atoms with Crippen molar-refractivity contribution in [1.29, 1.82) is 0 Å². The predicted molar refractivity (Wildman–Crippen MR) is 74.6 cm³/mol. The van der Waals surface area contributed by atoms with Crippen molar-refractivity contribution in [3.05, 3.63) is 33.9 Å². The Hall–Kier alpha value is -2.00. The highest BCUT2D eigenvalue weighted by molar-refractivity contribution is 7.58. The molecule has 0 aliphatic rings. The Morgan fingerprint density at radius 1 is 1.45 bits per heavy atom. The van der Waals surface area contributed by atoms with Gasteiger partial charge in [-0.2, -0.15) is 0 Å². The van der Waals surface area contributed by atoms with Gasteiger partial charge in [0.25, 0.3) is 0 Å². The van der Waals surface area contributed by atoms with Crippen LogP contribution < -0.4 is 5.73 Å². The molecule has 0 bridgehead atoms. The third-order valence-corrected chi connectivity index (χ3v) is 4.92. The van der Waals surface area contributed by atoms with Crippen LogP contribution >= 0.6 is 7.37 Å². The molecule has 0 saturated carbocycles. The number of hydrogen-bond acceptors (Lipinski definition) is 7. The molecule has 22 heavy (non-hydrogen) atoms. The molecular weight excluding hydrogens is 319 g/mol. The number of phenolic OH excluding ortho intramolecular Hbond substituents is 1. The lowest BCUT2D eigenvalue weighted by Crippen LogP contribution is -2.31. The van der Waals surface area contributed by atoms with Gasteiger partial charge in [0.1, 0.15) is 6.04 Å². The average Bonchev–Trinajstić information content (AvgIpc) is 2.44. The summed E-state index contributed by atoms with van der Waals surface area (Å²) >= 11 is 0. The fourth-order valence-electron chi connectivity index (χ4n) is 1.65. The van der Waals surface area contributed by atoms with Gasteiger partial charge >= 0.3 is 11.7 Å². The zero-order valence-corrected chi connectivity index (χ0v) is 12.1. The van der Waals surface area contributed by atoms with Gasteiger partial charge < -0.3 is 25.9 Å². The smallest absolute Gasteiger partial charge is 0.320 e. The highest BCUT2D eigenvalue weighted by Gasteiger charge is 2.33. The van der Waals surface area contributed by atoms with Gasteiger partial charge in [-0.05, 0) is 18.1 Å². The molecular formula is C11H15N2O8P. The number of aliphatic hydroxyl groups excluding tert-OH is 1. The number of rotatable bonds is 7. The van der Waals surface area contributed by atoms with Gasteiger partial charge in [0.05, 0.1) is 4.92 Å². The van der Waals surface area contributed by atoms with Crippen LogP contribution in [0.15, 0.2) is 18.2 Å². The Morgan fingerprint density at radius 3 is 2.55 bits per heavy atom. The quantitative estimate of drug-likeness (QED) is 0.267. The first-order valence-electron chi connectivity index (χ1n) is 6.01. The van der Waals surface area contributed by atoms with Crippen LogP contribution in [-0.4, -0.2) is 43.3 Å². The van der Waals surface area contributed by atoms with Gasteiger partial charge in [-0.1, -0.05) is 6.07 Å². The molecule has 0 radical (unpaired) electrons. The SMILES string of the molecule is N[C@@H](CCP(=O)(O)[C@H](O)c1ccc(O)c([N+](=O)[O-])c1)C(=O)O. The minimum atomic E-state index is -4.26. The van der Waals surface area contributed by atoms with Gasteiger partial charge in [0.2, 0.25) is 7.37 Å². The molecule has 0 aliphatic heterocycles. The highest BCUT2D eigenvalue weighted by Crippen LogP contribution is 2.55. The normalized spacial score (nSPS) is 16.5. The predicted octanol–water partition coefficient (Wildman–Crippen LogP) is 0.364. The first kappa shape index (κ1) is 18.1. The van der Waals surface area contributed by atoms with E-state index in [1.165, 1.54) is 0 Å². The van der Waals surface area contributed by atoms with Gasteiger partial charge in [-0.25, -0.2) is 0 Å². The van der Waals surface area contributed by atoms with Crippen LogP contribution in [0.1, 0.15) is 17.8 Å². The molecule has 0 spiro atoms. The van der Waals surface area contributed by atoms with Gasteiger partial charge in [-0.3, -0.25) is 19.5 Å². The van der Waals surface area contributed by atoms with E-state index >= 15 is 0 Å². The van der Waals surface area contributed by atoms with Crippen LogP contribution in [0, 0.1) is 10.1 Å². The Bertz CT molecular complexity index is 635. The van der Waals surface area contributed by atoms with Gasteiger partial charge in [-0.15, -0.1) is 0 Å². The number of phenols is 1. The maximum Gasteiger partial charge on any atom is 0.320 e. The molecule has 122 valence electrons.